The second kappa shape index (κ2) is 6.25. The molecule has 1 aliphatic heterocycles. The molecule has 25 heavy (non-hydrogen) atoms. The zero-order valence-electron chi connectivity index (χ0n) is 14.0. The van der Waals surface area contributed by atoms with Gasteiger partial charge in [0.05, 0.1) is 28.8 Å². The van der Waals surface area contributed by atoms with Crippen LogP contribution in [0.3, 0.4) is 0 Å². The van der Waals surface area contributed by atoms with E-state index in [-0.39, 0.29) is 17.2 Å². The smallest absolute Gasteiger partial charge is 0.268 e. The van der Waals surface area contributed by atoms with Crippen LogP contribution in [0.1, 0.15) is 30.4 Å². The number of para-hydroxylation sites is 1. The molecule has 1 atom stereocenters. The first-order valence-electron chi connectivity index (χ1n) is 8.36. The maximum Gasteiger partial charge on any atom is 0.268 e. The number of nitrogens with zero attached hydrogens (tertiary/aromatic N) is 4. The van der Waals surface area contributed by atoms with Gasteiger partial charge in [0.15, 0.2) is 0 Å². The highest BCUT2D eigenvalue weighted by molar-refractivity contribution is 5.77. The Bertz CT molecular complexity index is 1040. The van der Waals surface area contributed by atoms with Gasteiger partial charge in [-0.15, -0.1) is 0 Å². The summed E-state index contributed by atoms with van der Waals surface area (Å²) < 4.78 is 1.61. The number of fused-ring (bicyclic) bond motifs is 1. The summed E-state index contributed by atoms with van der Waals surface area (Å²) in [5.74, 6) is 0.690. The minimum absolute atomic E-state index is 0.0348. The normalized spacial score (nSPS) is 18.0. The fourth-order valence-electron chi connectivity index (χ4n) is 3.44. The van der Waals surface area contributed by atoms with E-state index in [0.717, 1.165) is 25.1 Å². The van der Waals surface area contributed by atoms with Crippen LogP contribution in [0.5, 0.6) is 0 Å². The quantitative estimate of drug-likeness (QED) is 0.780. The Balaban J connectivity index is 1.69. The van der Waals surface area contributed by atoms with Crippen molar-refractivity contribution in [3.63, 3.8) is 0 Å². The van der Waals surface area contributed by atoms with Gasteiger partial charge in [-0.25, -0.2) is 4.98 Å². The molecule has 0 radical (unpaired) electrons. The van der Waals surface area contributed by atoms with Crippen molar-refractivity contribution in [2.75, 3.05) is 6.54 Å². The summed E-state index contributed by atoms with van der Waals surface area (Å²) in [6.07, 6.45) is 4.98. The Labute approximate surface area is 144 Å². The fourth-order valence-corrected chi connectivity index (χ4v) is 3.44. The molecule has 7 nitrogen and oxygen atoms in total. The maximum atomic E-state index is 12.4. The molecule has 1 aromatic carbocycles. The standard InChI is InChI=1S/C18H19N5O2/c1-22-12(9-19-10-16(22)24)11-23-8-4-7-15(23)17-20-14-6-3-2-5-13(14)18(25)21-17/h2-3,5-6,9-10,15H,4,7-8,11H2,1H3,(H,20,21,25). The number of benzene rings is 1. The van der Waals surface area contributed by atoms with Crippen LogP contribution in [0.4, 0.5) is 0 Å². The second-order valence-electron chi connectivity index (χ2n) is 6.39. The Morgan fingerprint density at radius 1 is 1.24 bits per heavy atom. The van der Waals surface area contributed by atoms with Crippen LogP contribution >= 0.6 is 0 Å². The predicted molar refractivity (Wildman–Crippen MR) is 94.2 cm³/mol. The largest absolute Gasteiger partial charge is 0.312 e. The predicted octanol–water partition coefficient (Wildman–Crippen LogP) is 1.35. The first kappa shape index (κ1) is 15.7. The SMILES string of the molecule is Cn1c(CN2CCCC2c2nc3ccccc3c(=O)[nH]2)cncc1=O. The lowest BCUT2D eigenvalue weighted by molar-refractivity contribution is 0.233. The summed E-state index contributed by atoms with van der Waals surface area (Å²) in [7, 11) is 1.75. The first-order valence-corrected chi connectivity index (χ1v) is 8.36. The number of hydrogen-bond donors (Lipinski definition) is 1. The van der Waals surface area contributed by atoms with Crippen molar-refractivity contribution < 1.29 is 0 Å². The van der Waals surface area contributed by atoms with E-state index in [1.165, 1.54) is 6.20 Å². The summed E-state index contributed by atoms with van der Waals surface area (Å²) in [6, 6.07) is 7.40. The van der Waals surface area contributed by atoms with Crippen molar-refractivity contribution in [2.45, 2.75) is 25.4 Å². The zero-order valence-corrected chi connectivity index (χ0v) is 14.0. The van der Waals surface area contributed by atoms with Crippen molar-refractivity contribution in [2.24, 2.45) is 7.05 Å². The number of aromatic amines is 1. The van der Waals surface area contributed by atoms with Gasteiger partial charge in [0, 0.05) is 19.8 Å². The van der Waals surface area contributed by atoms with Gasteiger partial charge in [-0.1, -0.05) is 12.1 Å². The number of H-pyrrole nitrogens is 1. The minimum Gasteiger partial charge on any atom is -0.312 e. The summed E-state index contributed by atoms with van der Waals surface area (Å²) in [4.78, 5) is 38.0. The third kappa shape index (κ3) is 2.87. The van der Waals surface area contributed by atoms with Gasteiger partial charge in [-0.05, 0) is 31.5 Å². The molecule has 1 N–H and O–H groups in total. The number of aromatic nitrogens is 4. The molecular weight excluding hydrogens is 318 g/mol. The Kier molecular flexibility index (Phi) is 3.93. The molecule has 7 heteroatoms. The summed E-state index contributed by atoms with van der Waals surface area (Å²) in [6.45, 7) is 1.49. The fraction of sp³-hybridized carbons (Fsp3) is 0.333. The monoisotopic (exact) mass is 337 g/mol. The number of nitrogens with one attached hydrogen (secondary N) is 1. The van der Waals surface area contributed by atoms with Crippen molar-refractivity contribution in [3.05, 3.63) is 68.9 Å². The highest BCUT2D eigenvalue weighted by Crippen LogP contribution is 2.31. The molecule has 1 fully saturated rings. The average Bonchev–Trinajstić information content (AvgIpc) is 3.07. The minimum atomic E-state index is -0.120. The van der Waals surface area contributed by atoms with Crippen LogP contribution in [0.2, 0.25) is 0 Å². The van der Waals surface area contributed by atoms with Crippen molar-refractivity contribution in [1.82, 2.24) is 24.4 Å². The van der Waals surface area contributed by atoms with Gasteiger partial charge in [-0.3, -0.25) is 19.5 Å². The Morgan fingerprint density at radius 3 is 2.96 bits per heavy atom. The third-order valence-corrected chi connectivity index (χ3v) is 4.85. The van der Waals surface area contributed by atoms with Crippen LogP contribution in [0.15, 0.2) is 46.2 Å². The first-order chi connectivity index (χ1) is 12.1. The van der Waals surface area contributed by atoms with E-state index in [2.05, 4.69) is 19.9 Å². The third-order valence-electron chi connectivity index (χ3n) is 4.85. The van der Waals surface area contributed by atoms with E-state index in [4.69, 9.17) is 0 Å². The molecule has 0 bridgehead atoms. The summed E-state index contributed by atoms with van der Waals surface area (Å²) in [5, 5.41) is 0.602. The average molecular weight is 337 g/mol. The molecule has 3 aromatic rings. The maximum absolute atomic E-state index is 12.4. The molecule has 2 aromatic heterocycles. The van der Waals surface area contributed by atoms with E-state index in [0.29, 0.717) is 23.3 Å². The number of rotatable bonds is 3. The van der Waals surface area contributed by atoms with Gasteiger partial charge in [0.25, 0.3) is 11.1 Å². The molecule has 0 aliphatic carbocycles. The number of likely N-dealkylation sites (tertiary alicyclic amines) is 1. The lowest BCUT2D eigenvalue weighted by Gasteiger charge is -2.24. The molecule has 1 aliphatic rings. The molecule has 128 valence electrons. The zero-order chi connectivity index (χ0) is 17.4. The van der Waals surface area contributed by atoms with Gasteiger partial charge >= 0.3 is 0 Å². The van der Waals surface area contributed by atoms with Gasteiger partial charge in [0.1, 0.15) is 5.82 Å². The van der Waals surface area contributed by atoms with Crippen LogP contribution in [-0.4, -0.2) is 31.0 Å². The lowest BCUT2D eigenvalue weighted by atomic mass is 10.2. The molecule has 1 saturated heterocycles. The van der Waals surface area contributed by atoms with Crippen LogP contribution < -0.4 is 11.1 Å². The van der Waals surface area contributed by atoms with Gasteiger partial charge < -0.3 is 9.55 Å². The lowest BCUT2D eigenvalue weighted by Crippen LogP contribution is -2.30. The molecule has 0 spiro atoms. The van der Waals surface area contributed by atoms with E-state index >= 15 is 0 Å². The second-order valence-corrected chi connectivity index (χ2v) is 6.39. The van der Waals surface area contributed by atoms with E-state index in [1.54, 1.807) is 23.9 Å². The van der Waals surface area contributed by atoms with Gasteiger partial charge in [0.2, 0.25) is 0 Å². The highest BCUT2D eigenvalue weighted by Gasteiger charge is 2.28. The van der Waals surface area contributed by atoms with E-state index in [9.17, 15) is 9.59 Å². The van der Waals surface area contributed by atoms with Crippen molar-refractivity contribution in [1.29, 1.82) is 0 Å². The molecule has 0 amide bonds. The van der Waals surface area contributed by atoms with Crippen LogP contribution in [0.25, 0.3) is 10.9 Å². The van der Waals surface area contributed by atoms with E-state index in [1.807, 2.05) is 18.2 Å². The molecular formula is C18H19N5O2. The van der Waals surface area contributed by atoms with Gasteiger partial charge in [-0.2, -0.15) is 0 Å². The Hall–Kier alpha value is -2.80. The molecule has 4 rings (SSSR count). The summed E-state index contributed by atoms with van der Waals surface area (Å²) >= 11 is 0. The highest BCUT2D eigenvalue weighted by atomic mass is 16.1. The molecule has 0 saturated carbocycles. The van der Waals surface area contributed by atoms with Crippen molar-refractivity contribution >= 4 is 10.9 Å². The molecule has 1 unspecified atom stereocenters. The van der Waals surface area contributed by atoms with E-state index < -0.39 is 0 Å². The summed E-state index contributed by atoms with van der Waals surface area (Å²) in [5.41, 5.74) is 1.33. The number of hydrogen-bond acceptors (Lipinski definition) is 5. The van der Waals surface area contributed by atoms with Crippen molar-refractivity contribution in [3.8, 4) is 0 Å². The topological polar surface area (TPSA) is 83.9 Å². The van der Waals surface area contributed by atoms with Crippen LogP contribution in [0, 0.1) is 0 Å². The van der Waals surface area contributed by atoms with Crippen LogP contribution in [-0.2, 0) is 13.6 Å². The Morgan fingerprint density at radius 2 is 2.08 bits per heavy atom. The molecule has 3 heterocycles.